The largest absolute Gasteiger partial charge is 0.396 e. The monoisotopic (exact) mass is 310 g/mol. The third-order valence-corrected chi connectivity index (χ3v) is 4.45. The molecule has 0 bridgehead atoms. The van der Waals surface area contributed by atoms with E-state index in [1.54, 1.807) is 0 Å². The molecule has 1 unspecified atom stereocenters. The van der Waals surface area contributed by atoms with Gasteiger partial charge < -0.3 is 15.3 Å². The number of nitrogens with one attached hydrogen (secondary N) is 1. The second-order valence-electron chi connectivity index (χ2n) is 6.25. The van der Waals surface area contributed by atoms with Gasteiger partial charge in [-0.25, -0.2) is 0 Å². The zero-order valence-electron chi connectivity index (χ0n) is 13.1. The number of piperidine rings is 1. The van der Waals surface area contributed by atoms with Crippen LogP contribution < -0.4 is 10.2 Å². The van der Waals surface area contributed by atoms with Gasteiger partial charge in [-0.15, -0.1) is 0 Å². The summed E-state index contributed by atoms with van der Waals surface area (Å²) in [4.78, 5) is 2.41. The lowest BCUT2D eigenvalue weighted by Gasteiger charge is -2.36. The molecule has 4 heteroatoms. The second kappa shape index (κ2) is 8.02. The highest BCUT2D eigenvalue weighted by atomic mass is 35.5. The van der Waals surface area contributed by atoms with Gasteiger partial charge in [-0.3, -0.25) is 0 Å². The standard InChI is InChI=1S/C17H27ClN2O/c1-13(2)19-11-15-6-3-7-16(18)17(15)20-9-4-5-14(12-20)8-10-21/h3,6-7,13-14,19,21H,4-5,8-12H2,1-2H3. The molecule has 0 aromatic heterocycles. The molecule has 1 aliphatic rings. The van der Waals surface area contributed by atoms with Crippen molar-refractivity contribution in [3.8, 4) is 0 Å². The fourth-order valence-corrected chi connectivity index (χ4v) is 3.37. The highest BCUT2D eigenvalue weighted by molar-refractivity contribution is 6.33. The predicted octanol–water partition coefficient (Wildman–Crippen LogP) is 3.44. The first-order chi connectivity index (χ1) is 10.1. The molecule has 1 saturated heterocycles. The molecular weight excluding hydrogens is 284 g/mol. The van der Waals surface area contributed by atoms with Crippen LogP contribution in [0.5, 0.6) is 0 Å². The molecule has 1 fully saturated rings. The lowest BCUT2D eigenvalue weighted by Crippen LogP contribution is -2.37. The van der Waals surface area contributed by atoms with Crippen LogP contribution in [0.1, 0.15) is 38.7 Å². The molecule has 21 heavy (non-hydrogen) atoms. The SMILES string of the molecule is CC(C)NCc1cccc(Cl)c1N1CCCC(CCO)C1. The van der Waals surface area contributed by atoms with E-state index in [2.05, 4.69) is 30.1 Å². The van der Waals surface area contributed by atoms with Crippen molar-refractivity contribution in [3.63, 3.8) is 0 Å². The Kier molecular flexibility index (Phi) is 6.34. The summed E-state index contributed by atoms with van der Waals surface area (Å²) in [6.45, 7) is 7.49. The number of aliphatic hydroxyl groups excluding tert-OH is 1. The average molecular weight is 311 g/mol. The van der Waals surface area contributed by atoms with Crippen LogP contribution in [0, 0.1) is 5.92 Å². The molecule has 0 amide bonds. The maximum Gasteiger partial charge on any atom is 0.0642 e. The highest BCUT2D eigenvalue weighted by Gasteiger charge is 2.23. The van der Waals surface area contributed by atoms with Gasteiger partial charge in [-0.2, -0.15) is 0 Å². The van der Waals surface area contributed by atoms with E-state index in [1.807, 2.05) is 12.1 Å². The average Bonchev–Trinajstić information content (AvgIpc) is 2.45. The Morgan fingerprint density at radius 2 is 2.24 bits per heavy atom. The smallest absolute Gasteiger partial charge is 0.0642 e. The first-order valence-electron chi connectivity index (χ1n) is 7.98. The summed E-state index contributed by atoms with van der Waals surface area (Å²) in [5, 5.41) is 13.5. The molecule has 1 heterocycles. The van der Waals surface area contributed by atoms with E-state index in [9.17, 15) is 5.11 Å². The molecule has 2 rings (SSSR count). The summed E-state index contributed by atoms with van der Waals surface area (Å²) in [6, 6.07) is 6.62. The number of para-hydroxylation sites is 1. The van der Waals surface area contributed by atoms with Gasteiger partial charge in [-0.1, -0.05) is 37.6 Å². The van der Waals surface area contributed by atoms with Crippen LogP contribution in [0.25, 0.3) is 0 Å². The summed E-state index contributed by atoms with van der Waals surface area (Å²) in [5.74, 6) is 0.575. The fourth-order valence-electron chi connectivity index (χ4n) is 3.06. The summed E-state index contributed by atoms with van der Waals surface area (Å²) in [7, 11) is 0. The molecule has 0 saturated carbocycles. The first-order valence-corrected chi connectivity index (χ1v) is 8.36. The van der Waals surface area contributed by atoms with E-state index in [0.717, 1.165) is 31.1 Å². The number of hydrogen-bond donors (Lipinski definition) is 2. The van der Waals surface area contributed by atoms with Gasteiger partial charge in [0.15, 0.2) is 0 Å². The minimum atomic E-state index is 0.281. The molecular formula is C17H27ClN2O. The topological polar surface area (TPSA) is 35.5 Å². The molecule has 1 aromatic rings. The molecule has 2 N–H and O–H groups in total. The van der Waals surface area contributed by atoms with Crippen molar-refractivity contribution in [1.82, 2.24) is 5.32 Å². The summed E-state index contributed by atoms with van der Waals surface area (Å²) < 4.78 is 0. The lowest BCUT2D eigenvalue weighted by molar-refractivity contribution is 0.244. The van der Waals surface area contributed by atoms with E-state index in [1.165, 1.54) is 24.1 Å². The Labute approximate surface area is 133 Å². The minimum Gasteiger partial charge on any atom is -0.396 e. The van der Waals surface area contributed by atoms with Crippen LogP contribution in [0.3, 0.4) is 0 Å². The molecule has 0 aliphatic carbocycles. The lowest BCUT2D eigenvalue weighted by atomic mass is 9.94. The van der Waals surface area contributed by atoms with E-state index < -0.39 is 0 Å². The number of halogens is 1. The number of benzene rings is 1. The van der Waals surface area contributed by atoms with Crippen molar-refractivity contribution in [2.45, 2.75) is 45.7 Å². The zero-order valence-corrected chi connectivity index (χ0v) is 13.9. The van der Waals surface area contributed by atoms with Crippen molar-refractivity contribution in [1.29, 1.82) is 0 Å². The van der Waals surface area contributed by atoms with Crippen LogP contribution in [0.15, 0.2) is 18.2 Å². The van der Waals surface area contributed by atoms with Gasteiger partial charge in [0.2, 0.25) is 0 Å². The molecule has 1 aromatic carbocycles. The second-order valence-corrected chi connectivity index (χ2v) is 6.66. The van der Waals surface area contributed by atoms with Crippen LogP contribution in [-0.2, 0) is 6.54 Å². The molecule has 3 nitrogen and oxygen atoms in total. The van der Waals surface area contributed by atoms with Crippen molar-refractivity contribution in [3.05, 3.63) is 28.8 Å². The Hall–Kier alpha value is -0.770. The number of rotatable bonds is 6. The van der Waals surface area contributed by atoms with Crippen LogP contribution in [0.2, 0.25) is 5.02 Å². The Morgan fingerprint density at radius 3 is 2.95 bits per heavy atom. The van der Waals surface area contributed by atoms with Gasteiger partial charge in [-0.05, 0) is 36.8 Å². The van der Waals surface area contributed by atoms with Gasteiger partial charge in [0.25, 0.3) is 0 Å². The molecule has 1 atom stereocenters. The first kappa shape index (κ1) is 16.6. The van der Waals surface area contributed by atoms with Crippen LogP contribution in [-0.4, -0.2) is 30.8 Å². The predicted molar refractivity (Wildman–Crippen MR) is 90.1 cm³/mol. The summed E-state index contributed by atoms with van der Waals surface area (Å²) in [6.07, 6.45) is 3.27. The highest BCUT2D eigenvalue weighted by Crippen LogP contribution is 2.33. The van der Waals surface area contributed by atoms with Crippen molar-refractivity contribution in [2.75, 3.05) is 24.6 Å². The maximum absolute atomic E-state index is 9.18. The van der Waals surface area contributed by atoms with E-state index in [0.29, 0.717) is 12.0 Å². The Bertz CT molecular complexity index is 448. The number of nitrogens with zero attached hydrogens (tertiary/aromatic N) is 1. The van der Waals surface area contributed by atoms with Gasteiger partial charge in [0, 0.05) is 32.3 Å². The normalized spacial score (nSPS) is 19.3. The number of aliphatic hydroxyl groups is 1. The van der Waals surface area contributed by atoms with Crippen LogP contribution in [0.4, 0.5) is 5.69 Å². The summed E-state index contributed by atoms with van der Waals surface area (Å²) >= 11 is 6.48. The fraction of sp³-hybridized carbons (Fsp3) is 0.647. The van der Waals surface area contributed by atoms with Crippen molar-refractivity contribution in [2.24, 2.45) is 5.92 Å². The minimum absolute atomic E-state index is 0.281. The number of hydrogen-bond acceptors (Lipinski definition) is 3. The van der Waals surface area contributed by atoms with Gasteiger partial charge in [0.1, 0.15) is 0 Å². The third-order valence-electron chi connectivity index (χ3n) is 4.14. The Morgan fingerprint density at radius 1 is 1.43 bits per heavy atom. The molecule has 1 aliphatic heterocycles. The molecule has 118 valence electrons. The summed E-state index contributed by atoms with van der Waals surface area (Å²) in [5.41, 5.74) is 2.44. The van der Waals surface area contributed by atoms with Crippen molar-refractivity contribution < 1.29 is 5.11 Å². The third kappa shape index (κ3) is 4.60. The van der Waals surface area contributed by atoms with Crippen LogP contribution >= 0.6 is 11.6 Å². The maximum atomic E-state index is 9.18. The van der Waals surface area contributed by atoms with Crippen molar-refractivity contribution >= 4 is 17.3 Å². The van der Waals surface area contributed by atoms with E-state index in [4.69, 9.17) is 11.6 Å². The molecule has 0 radical (unpaired) electrons. The van der Waals surface area contributed by atoms with Gasteiger partial charge >= 0.3 is 0 Å². The van der Waals surface area contributed by atoms with E-state index >= 15 is 0 Å². The van der Waals surface area contributed by atoms with E-state index in [-0.39, 0.29) is 6.61 Å². The van der Waals surface area contributed by atoms with Gasteiger partial charge in [0.05, 0.1) is 10.7 Å². The Balaban J connectivity index is 2.16. The zero-order chi connectivity index (χ0) is 15.2. The number of anilines is 1. The molecule has 0 spiro atoms. The quantitative estimate of drug-likeness (QED) is 0.845.